The zero-order chi connectivity index (χ0) is 26.6. The minimum atomic E-state index is -0.458. The molecule has 0 radical (unpaired) electrons. The van der Waals surface area contributed by atoms with Crippen molar-refractivity contribution in [2.75, 3.05) is 48.3 Å². The first kappa shape index (κ1) is 25.6. The second kappa shape index (κ2) is 11.6. The van der Waals surface area contributed by atoms with Crippen LogP contribution in [-0.4, -0.2) is 74.5 Å². The fraction of sp³-hybridized carbons (Fsp3) is 0.556. The van der Waals surface area contributed by atoms with Gasteiger partial charge in [-0.15, -0.1) is 0 Å². The molecule has 3 fully saturated rings. The molecule has 0 spiro atoms. The Kier molecular flexibility index (Phi) is 7.64. The van der Waals surface area contributed by atoms with Gasteiger partial charge in [-0.3, -0.25) is 9.77 Å². The number of hydroxylamine groups is 1. The van der Waals surface area contributed by atoms with Crippen molar-refractivity contribution in [1.29, 1.82) is 0 Å². The number of imidazole rings is 1. The van der Waals surface area contributed by atoms with E-state index >= 15 is 0 Å². The van der Waals surface area contributed by atoms with Gasteiger partial charge in [0.25, 0.3) is 0 Å². The quantitative estimate of drug-likeness (QED) is 0.270. The van der Waals surface area contributed by atoms with Crippen LogP contribution in [0.1, 0.15) is 57.6 Å². The summed E-state index contributed by atoms with van der Waals surface area (Å²) in [5.41, 5.74) is 5.23. The largest absolute Gasteiger partial charge is 0.368 e. The highest BCUT2D eigenvalue weighted by atomic mass is 16.5. The number of rotatable bonds is 6. The lowest BCUT2D eigenvalue weighted by Gasteiger charge is -2.35. The van der Waals surface area contributed by atoms with Crippen LogP contribution in [0.3, 0.4) is 0 Å². The minimum absolute atomic E-state index is 0.0581. The van der Waals surface area contributed by atoms with Gasteiger partial charge in [0, 0.05) is 50.2 Å². The SMILES string of the molecule is O=C(NO)N1CCN(c2ccc(Nc3nc(NC4CCCCC4)c4ncn(C5CCCCO5)c4n3)cc2)CC1. The van der Waals surface area contributed by atoms with Crippen molar-refractivity contribution in [1.82, 2.24) is 29.9 Å². The van der Waals surface area contributed by atoms with Gasteiger partial charge < -0.3 is 25.2 Å². The molecule has 12 heteroatoms. The third-order valence-corrected chi connectivity index (χ3v) is 7.98. The number of ether oxygens (including phenoxy) is 1. The molecule has 1 aromatic carbocycles. The Hall–Kier alpha value is -3.64. The highest BCUT2D eigenvalue weighted by molar-refractivity contribution is 5.85. The molecule has 6 rings (SSSR count). The number of benzene rings is 1. The number of piperazine rings is 1. The smallest absolute Gasteiger partial charge is 0.341 e. The summed E-state index contributed by atoms with van der Waals surface area (Å²) in [6, 6.07) is 8.09. The van der Waals surface area contributed by atoms with Crippen molar-refractivity contribution in [3.8, 4) is 0 Å². The Morgan fingerprint density at radius 1 is 0.949 bits per heavy atom. The van der Waals surface area contributed by atoms with E-state index in [0.29, 0.717) is 38.2 Å². The first-order valence-corrected chi connectivity index (χ1v) is 14.1. The molecule has 2 aromatic heterocycles. The van der Waals surface area contributed by atoms with E-state index in [0.717, 1.165) is 67.1 Å². The number of carbonyl (C=O) groups excluding carboxylic acids is 1. The number of nitrogens with zero attached hydrogens (tertiary/aromatic N) is 6. The number of hydrogen-bond donors (Lipinski definition) is 4. The number of urea groups is 1. The van der Waals surface area contributed by atoms with Gasteiger partial charge >= 0.3 is 6.03 Å². The molecule has 39 heavy (non-hydrogen) atoms. The molecule has 1 atom stereocenters. The van der Waals surface area contributed by atoms with E-state index < -0.39 is 6.03 Å². The van der Waals surface area contributed by atoms with Crippen LogP contribution >= 0.6 is 0 Å². The van der Waals surface area contributed by atoms with E-state index in [-0.39, 0.29) is 6.23 Å². The van der Waals surface area contributed by atoms with Crippen LogP contribution < -0.4 is 21.0 Å². The van der Waals surface area contributed by atoms with Gasteiger partial charge in [0.1, 0.15) is 6.23 Å². The number of carbonyl (C=O) groups is 1. The van der Waals surface area contributed by atoms with Crippen LogP contribution in [0.2, 0.25) is 0 Å². The summed E-state index contributed by atoms with van der Waals surface area (Å²) in [4.78, 5) is 29.9. The Bertz CT molecular complexity index is 1260. The van der Waals surface area contributed by atoms with Crippen molar-refractivity contribution in [3.63, 3.8) is 0 Å². The Morgan fingerprint density at radius 2 is 1.72 bits per heavy atom. The summed E-state index contributed by atoms with van der Waals surface area (Å²) in [5.74, 6) is 1.29. The second-order valence-corrected chi connectivity index (χ2v) is 10.6. The topological polar surface area (TPSA) is 133 Å². The van der Waals surface area contributed by atoms with Crippen LogP contribution in [0.25, 0.3) is 11.2 Å². The van der Waals surface area contributed by atoms with E-state index in [1.165, 1.54) is 19.3 Å². The third-order valence-electron chi connectivity index (χ3n) is 7.98. The molecule has 1 unspecified atom stereocenters. The van der Waals surface area contributed by atoms with Crippen LogP contribution in [0.15, 0.2) is 30.6 Å². The predicted octanol–water partition coefficient (Wildman–Crippen LogP) is 4.23. The molecule has 2 amide bonds. The lowest BCUT2D eigenvalue weighted by Crippen LogP contribution is -2.51. The summed E-state index contributed by atoms with van der Waals surface area (Å²) in [7, 11) is 0. The standard InChI is InChI=1S/C27H37N9O3/c37-27(33-38)35-15-13-34(14-16-35)21-11-9-20(10-12-21)30-26-31-24(29-19-6-2-1-3-7-19)23-25(32-26)36(18-28-23)22-8-4-5-17-39-22/h9-12,18-19,22,38H,1-8,13-17H2,(H,33,37)(H2,29,30,31,32). The molecule has 3 aromatic rings. The molecule has 3 aliphatic rings. The molecule has 2 saturated heterocycles. The highest BCUT2D eigenvalue weighted by Crippen LogP contribution is 2.31. The molecule has 2 aliphatic heterocycles. The van der Waals surface area contributed by atoms with E-state index in [1.54, 1.807) is 10.4 Å². The summed E-state index contributed by atoms with van der Waals surface area (Å²) < 4.78 is 8.10. The Morgan fingerprint density at radius 3 is 2.44 bits per heavy atom. The summed E-state index contributed by atoms with van der Waals surface area (Å²) in [6.07, 6.45) is 11.0. The molecule has 0 bridgehead atoms. The van der Waals surface area contributed by atoms with Crippen LogP contribution in [0, 0.1) is 0 Å². The molecule has 208 valence electrons. The van der Waals surface area contributed by atoms with Crippen LogP contribution in [0.5, 0.6) is 0 Å². The highest BCUT2D eigenvalue weighted by Gasteiger charge is 2.24. The van der Waals surface area contributed by atoms with Gasteiger partial charge in [-0.05, 0) is 56.4 Å². The van der Waals surface area contributed by atoms with Gasteiger partial charge in [-0.2, -0.15) is 9.97 Å². The molecule has 1 aliphatic carbocycles. The summed E-state index contributed by atoms with van der Waals surface area (Å²) in [6.45, 7) is 3.25. The third kappa shape index (κ3) is 5.71. The molecular formula is C27H37N9O3. The Labute approximate surface area is 227 Å². The van der Waals surface area contributed by atoms with E-state index in [4.69, 9.17) is 24.9 Å². The number of hydrogen-bond acceptors (Lipinski definition) is 9. The van der Waals surface area contributed by atoms with Crippen molar-refractivity contribution in [3.05, 3.63) is 30.6 Å². The first-order chi connectivity index (χ1) is 19.2. The lowest BCUT2D eigenvalue weighted by molar-refractivity contribution is -0.0298. The number of anilines is 4. The first-order valence-electron chi connectivity index (χ1n) is 14.1. The number of amides is 2. The van der Waals surface area contributed by atoms with E-state index in [2.05, 4.69) is 27.7 Å². The van der Waals surface area contributed by atoms with Crippen LogP contribution in [0.4, 0.5) is 27.9 Å². The van der Waals surface area contributed by atoms with Gasteiger partial charge in [0.05, 0.1) is 6.33 Å². The predicted molar refractivity (Wildman–Crippen MR) is 148 cm³/mol. The monoisotopic (exact) mass is 535 g/mol. The average Bonchev–Trinajstić information content (AvgIpc) is 3.43. The number of fused-ring (bicyclic) bond motifs is 1. The maximum atomic E-state index is 11.6. The van der Waals surface area contributed by atoms with Gasteiger partial charge in [0.2, 0.25) is 5.95 Å². The summed E-state index contributed by atoms with van der Waals surface area (Å²) in [5, 5.41) is 15.9. The zero-order valence-electron chi connectivity index (χ0n) is 22.2. The van der Waals surface area contributed by atoms with Crippen molar-refractivity contribution in [2.45, 2.75) is 63.6 Å². The maximum Gasteiger partial charge on any atom is 0.341 e. The van der Waals surface area contributed by atoms with Crippen LogP contribution in [-0.2, 0) is 4.74 Å². The molecule has 4 N–H and O–H groups in total. The molecule has 12 nitrogen and oxygen atoms in total. The molecule has 4 heterocycles. The molecular weight excluding hydrogens is 498 g/mol. The average molecular weight is 536 g/mol. The maximum absolute atomic E-state index is 11.6. The molecule has 1 saturated carbocycles. The summed E-state index contributed by atoms with van der Waals surface area (Å²) >= 11 is 0. The second-order valence-electron chi connectivity index (χ2n) is 10.6. The van der Waals surface area contributed by atoms with Crippen molar-refractivity contribution < 1.29 is 14.7 Å². The lowest BCUT2D eigenvalue weighted by atomic mass is 9.95. The number of aromatic nitrogens is 4. The van der Waals surface area contributed by atoms with Crippen molar-refractivity contribution >= 4 is 40.3 Å². The van der Waals surface area contributed by atoms with Gasteiger partial charge in [0.15, 0.2) is 17.0 Å². The zero-order valence-corrected chi connectivity index (χ0v) is 22.2. The Balaban J connectivity index is 1.22. The fourth-order valence-electron chi connectivity index (χ4n) is 5.79. The van der Waals surface area contributed by atoms with Gasteiger partial charge in [-0.1, -0.05) is 19.3 Å². The minimum Gasteiger partial charge on any atom is -0.368 e. The van der Waals surface area contributed by atoms with E-state index in [9.17, 15) is 4.79 Å². The van der Waals surface area contributed by atoms with Crippen molar-refractivity contribution in [2.24, 2.45) is 0 Å². The normalized spacial score (nSPS) is 20.7. The number of nitrogens with one attached hydrogen (secondary N) is 3. The van der Waals surface area contributed by atoms with E-state index in [1.807, 2.05) is 23.0 Å². The fourth-order valence-corrected chi connectivity index (χ4v) is 5.79. The van der Waals surface area contributed by atoms with Gasteiger partial charge in [-0.25, -0.2) is 15.3 Å².